The van der Waals surface area contributed by atoms with Gasteiger partial charge in [0.05, 0.1) is 5.92 Å². The lowest BCUT2D eigenvalue weighted by molar-refractivity contribution is -0.125. The van der Waals surface area contributed by atoms with Crippen LogP contribution in [0.25, 0.3) is 0 Å². The van der Waals surface area contributed by atoms with Gasteiger partial charge in [-0.15, -0.1) is 0 Å². The minimum atomic E-state index is 0.154. The van der Waals surface area contributed by atoms with E-state index in [2.05, 4.69) is 50.8 Å². The molecule has 2 aliphatic rings. The molecule has 1 aliphatic heterocycles. The maximum Gasteiger partial charge on any atom is 0.224 e. The molecule has 114 valence electrons. The van der Waals surface area contributed by atoms with Gasteiger partial charge in [-0.25, -0.2) is 0 Å². The predicted octanol–water partition coefficient (Wildman–Crippen LogP) is 2.99. The molecule has 1 heterocycles. The Balaban J connectivity index is 1.61. The number of carbonyl (C=O) groups excluding carboxylic acids is 1. The van der Waals surface area contributed by atoms with Gasteiger partial charge in [-0.2, -0.15) is 0 Å². The third-order valence-corrected chi connectivity index (χ3v) is 5.56. The summed E-state index contributed by atoms with van der Waals surface area (Å²) in [5.74, 6) is 0.381. The number of halogens is 1. The van der Waals surface area contributed by atoms with Gasteiger partial charge in [-0.1, -0.05) is 34.5 Å². The van der Waals surface area contributed by atoms with Gasteiger partial charge in [0.25, 0.3) is 0 Å². The van der Waals surface area contributed by atoms with Gasteiger partial charge in [0.2, 0.25) is 5.91 Å². The molecular weight excluding hydrogens is 328 g/mol. The van der Waals surface area contributed by atoms with E-state index in [9.17, 15) is 4.79 Å². The van der Waals surface area contributed by atoms with Crippen LogP contribution in [0.5, 0.6) is 0 Å². The summed E-state index contributed by atoms with van der Waals surface area (Å²) in [4.78, 5) is 12.3. The van der Waals surface area contributed by atoms with E-state index in [0.717, 1.165) is 36.9 Å². The van der Waals surface area contributed by atoms with Gasteiger partial charge >= 0.3 is 0 Å². The maximum atomic E-state index is 12.3. The summed E-state index contributed by atoms with van der Waals surface area (Å²) in [6, 6.07) is 8.58. The SMILES string of the molecule is O=C(NCC1(c2ccc(Br)cc2)CCC1)C1CCCNC1. The van der Waals surface area contributed by atoms with E-state index in [-0.39, 0.29) is 17.2 Å². The first-order valence-electron chi connectivity index (χ1n) is 7.94. The summed E-state index contributed by atoms with van der Waals surface area (Å²) in [5.41, 5.74) is 1.53. The Kier molecular flexibility index (Phi) is 4.65. The minimum Gasteiger partial charge on any atom is -0.355 e. The Hall–Kier alpha value is -0.870. The van der Waals surface area contributed by atoms with Crippen LogP contribution < -0.4 is 10.6 Å². The molecule has 0 bridgehead atoms. The van der Waals surface area contributed by atoms with Gasteiger partial charge in [-0.05, 0) is 49.9 Å². The van der Waals surface area contributed by atoms with E-state index in [1.54, 1.807) is 0 Å². The summed E-state index contributed by atoms with van der Waals surface area (Å²) in [6.45, 7) is 2.66. The van der Waals surface area contributed by atoms with Crippen molar-refractivity contribution >= 4 is 21.8 Å². The molecule has 1 amide bonds. The molecule has 1 atom stereocenters. The third kappa shape index (κ3) is 3.32. The van der Waals surface area contributed by atoms with Crippen molar-refractivity contribution in [3.05, 3.63) is 34.3 Å². The van der Waals surface area contributed by atoms with Crippen LogP contribution in [0.1, 0.15) is 37.7 Å². The first-order valence-corrected chi connectivity index (χ1v) is 8.73. The lowest BCUT2D eigenvalue weighted by Gasteiger charge is -2.43. The molecule has 1 aliphatic carbocycles. The number of rotatable bonds is 4. The first kappa shape index (κ1) is 15.0. The largest absolute Gasteiger partial charge is 0.355 e. The third-order valence-electron chi connectivity index (χ3n) is 5.04. The van der Waals surface area contributed by atoms with E-state index in [0.29, 0.717) is 0 Å². The molecule has 21 heavy (non-hydrogen) atoms. The van der Waals surface area contributed by atoms with Gasteiger partial charge in [0, 0.05) is 23.0 Å². The average molecular weight is 351 g/mol. The molecule has 3 nitrogen and oxygen atoms in total. The number of nitrogens with one attached hydrogen (secondary N) is 2. The van der Waals surface area contributed by atoms with Crippen molar-refractivity contribution in [1.82, 2.24) is 10.6 Å². The molecule has 3 rings (SSSR count). The molecule has 4 heteroatoms. The second kappa shape index (κ2) is 6.49. The van der Waals surface area contributed by atoms with Gasteiger partial charge in [0.15, 0.2) is 0 Å². The average Bonchev–Trinajstić information content (AvgIpc) is 2.48. The summed E-state index contributed by atoms with van der Waals surface area (Å²) in [5, 5.41) is 6.53. The Morgan fingerprint density at radius 1 is 1.29 bits per heavy atom. The number of hydrogen-bond acceptors (Lipinski definition) is 2. The molecule has 0 radical (unpaired) electrons. The van der Waals surface area contributed by atoms with Crippen molar-refractivity contribution in [2.45, 2.75) is 37.5 Å². The fourth-order valence-electron chi connectivity index (χ4n) is 3.45. The highest BCUT2D eigenvalue weighted by Crippen LogP contribution is 2.43. The Labute approximate surface area is 135 Å². The van der Waals surface area contributed by atoms with E-state index in [4.69, 9.17) is 0 Å². The zero-order valence-corrected chi connectivity index (χ0v) is 13.9. The molecular formula is C17H23BrN2O. The van der Waals surface area contributed by atoms with E-state index >= 15 is 0 Å². The molecule has 1 aromatic rings. The molecule has 0 aromatic heterocycles. The Morgan fingerprint density at radius 2 is 2.05 bits per heavy atom. The quantitative estimate of drug-likeness (QED) is 0.876. The number of amides is 1. The Bertz CT molecular complexity index is 490. The standard InChI is InChI=1S/C17H23BrN2O/c18-15-6-4-14(5-7-15)17(8-2-9-17)12-20-16(21)13-3-1-10-19-11-13/h4-7,13,19H,1-3,8-12H2,(H,20,21). The van der Waals surface area contributed by atoms with E-state index in [1.807, 2.05) is 0 Å². The smallest absolute Gasteiger partial charge is 0.224 e. The van der Waals surface area contributed by atoms with Gasteiger partial charge in [0.1, 0.15) is 0 Å². The van der Waals surface area contributed by atoms with E-state index < -0.39 is 0 Å². The van der Waals surface area contributed by atoms with Crippen LogP contribution in [0.3, 0.4) is 0 Å². The molecule has 1 saturated carbocycles. The van der Waals surface area contributed by atoms with Crippen LogP contribution in [-0.4, -0.2) is 25.5 Å². The number of piperidine rings is 1. The summed E-state index contributed by atoms with van der Waals surface area (Å²) >= 11 is 3.49. The predicted molar refractivity (Wildman–Crippen MR) is 88.3 cm³/mol. The van der Waals surface area contributed by atoms with Crippen LogP contribution in [0.2, 0.25) is 0 Å². The van der Waals surface area contributed by atoms with Crippen molar-refractivity contribution in [3.63, 3.8) is 0 Å². The highest BCUT2D eigenvalue weighted by Gasteiger charge is 2.39. The molecule has 2 N–H and O–H groups in total. The van der Waals surface area contributed by atoms with Crippen LogP contribution in [0.4, 0.5) is 0 Å². The molecule has 2 fully saturated rings. The number of benzene rings is 1. The monoisotopic (exact) mass is 350 g/mol. The van der Waals surface area contributed by atoms with Crippen molar-refractivity contribution in [2.75, 3.05) is 19.6 Å². The van der Waals surface area contributed by atoms with Crippen molar-refractivity contribution in [1.29, 1.82) is 0 Å². The minimum absolute atomic E-state index is 0.154. The lowest BCUT2D eigenvalue weighted by atomic mass is 9.64. The van der Waals surface area contributed by atoms with Crippen molar-refractivity contribution in [2.24, 2.45) is 5.92 Å². The molecule has 1 saturated heterocycles. The van der Waals surface area contributed by atoms with Crippen LogP contribution >= 0.6 is 15.9 Å². The normalized spacial score (nSPS) is 24.1. The fourth-order valence-corrected chi connectivity index (χ4v) is 3.72. The fraction of sp³-hybridized carbons (Fsp3) is 0.588. The second-order valence-electron chi connectivity index (χ2n) is 6.40. The highest BCUT2D eigenvalue weighted by molar-refractivity contribution is 9.10. The lowest BCUT2D eigenvalue weighted by Crippen LogP contribution is -2.48. The maximum absolute atomic E-state index is 12.3. The number of carbonyl (C=O) groups is 1. The second-order valence-corrected chi connectivity index (χ2v) is 7.32. The molecule has 1 aromatic carbocycles. The van der Waals surface area contributed by atoms with Crippen molar-refractivity contribution in [3.8, 4) is 0 Å². The zero-order valence-electron chi connectivity index (χ0n) is 12.3. The zero-order chi connectivity index (χ0) is 14.7. The first-order chi connectivity index (χ1) is 10.2. The molecule has 0 spiro atoms. The van der Waals surface area contributed by atoms with E-state index in [1.165, 1.54) is 24.8 Å². The number of hydrogen-bond donors (Lipinski definition) is 2. The summed E-state index contributed by atoms with van der Waals surface area (Å²) in [6.07, 6.45) is 5.74. The summed E-state index contributed by atoms with van der Waals surface area (Å²) in [7, 11) is 0. The van der Waals surface area contributed by atoms with Crippen LogP contribution in [-0.2, 0) is 10.2 Å². The van der Waals surface area contributed by atoms with Crippen LogP contribution in [0.15, 0.2) is 28.7 Å². The van der Waals surface area contributed by atoms with Gasteiger partial charge in [-0.3, -0.25) is 4.79 Å². The van der Waals surface area contributed by atoms with Crippen molar-refractivity contribution < 1.29 is 4.79 Å². The molecule has 1 unspecified atom stereocenters. The Morgan fingerprint density at radius 3 is 2.62 bits per heavy atom. The van der Waals surface area contributed by atoms with Gasteiger partial charge < -0.3 is 10.6 Å². The van der Waals surface area contributed by atoms with Crippen LogP contribution in [0, 0.1) is 5.92 Å². The highest BCUT2D eigenvalue weighted by atomic mass is 79.9. The topological polar surface area (TPSA) is 41.1 Å². The summed E-state index contributed by atoms with van der Waals surface area (Å²) < 4.78 is 1.11.